The van der Waals surface area contributed by atoms with E-state index in [9.17, 15) is 8.78 Å². The molecule has 2 rings (SSSR count). The van der Waals surface area contributed by atoms with Gasteiger partial charge in [0.15, 0.2) is 11.6 Å². The van der Waals surface area contributed by atoms with E-state index in [1.165, 1.54) is 6.07 Å². The van der Waals surface area contributed by atoms with Crippen LogP contribution in [-0.4, -0.2) is 18.3 Å². The number of rotatable bonds is 1. The smallest absolute Gasteiger partial charge is 0.399 e. The molecule has 18 heavy (non-hydrogen) atoms. The Kier molecular flexibility index (Phi) is 3.20. The van der Waals surface area contributed by atoms with Gasteiger partial charge in [0.2, 0.25) is 0 Å². The van der Waals surface area contributed by atoms with Crippen LogP contribution < -0.4 is 5.46 Å². The van der Waals surface area contributed by atoms with Crippen molar-refractivity contribution in [3.8, 4) is 0 Å². The Morgan fingerprint density at radius 3 is 2.06 bits per heavy atom. The van der Waals surface area contributed by atoms with E-state index >= 15 is 0 Å². The highest BCUT2D eigenvalue weighted by molar-refractivity contribution is 6.65. The van der Waals surface area contributed by atoms with Crippen LogP contribution >= 0.6 is 11.6 Å². The second-order valence-corrected chi connectivity index (χ2v) is 5.75. The maximum Gasteiger partial charge on any atom is 0.499 e. The largest absolute Gasteiger partial charge is 0.499 e. The van der Waals surface area contributed by atoms with Gasteiger partial charge in [0.25, 0.3) is 0 Å². The van der Waals surface area contributed by atoms with Crippen molar-refractivity contribution in [2.45, 2.75) is 38.9 Å². The zero-order valence-electron chi connectivity index (χ0n) is 10.7. The van der Waals surface area contributed by atoms with E-state index in [0.717, 1.165) is 6.07 Å². The molecule has 1 aromatic carbocycles. The molecule has 0 radical (unpaired) electrons. The molecule has 0 amide bonds. The third-order valence-electron chi connectivity index (χ3n) is 3.57. The Labute approximate surface area is 110 Å². The Bertz CT molecular complexity index is 475. The summed E-state index contributed by atoms with van der Waals surface area (Å²) >= 11 is 5.90. The third-order valence-corrected chi connectivity index (χ3v) is 3.90. The maximum atomic E-state index is 13.8. The Morgan fingerprint density at radius 2 is 1.56 bits per heavy atom. The van der Waals surface area contributed by atoms with Gasteiger partial charge in [0, 0.05) is 10.5 Å². The number of halogens is 3. The predicted molar refractivity (Wildman–Crippen MR) is 67.1 cm³/mol. The van der Waals surface area contributed by atoms with Gasteiger partial charge in [-0.1, -0.05) is 11.6 Å². The Morgan fingerprint density at radius 1 is 1.06 bits per heavy atom. The summed E-state index contributed by atoms with van der Waals surface area (Å²) in [7, 11) is -1.00. The van der Waals surface area contributed by atoms with Crippen molar-refractivity contribution < 1.29 is 18.1 Å². The molecule has 2 nitrogen and oxygen atoms in total. The van der Waals surface area contributed by atoms with Crippen molar-refractivity contribution in [2.24, 2.45) is 0 Å². The van der Waals surface area contributed by atoms with Crippen LogP contribution in [0.2, 0.25) is 5.02 Å². The quantitative estimate of drug-likeness (QED) is 0.579. The first kappa shape index (κ1) is 13.8. The lowest BCUT2D eigenvalue weighted by atomic mass is 9.78. The topological polar surface area (TPSA) is 18.5 Å². The zero-order chi connectivity index (χ0) is 13.7. The minimum absolute atomic E-state index is 0.0877. The van der Waals surface area contributed by atoms with Gasteiger partial charge in [-0.3, -0.25) is 0 Å². The molecule has 0 unspecified atom stereocenters. The SMILES string of the molecule is CC1(C)OB(c2c(Cl)ccc(F)c2F)OC1(C)C. The van der Waals surface area contributed by atoms with Crippen LogP contribution in [0.3, 0.4) is 0 Å². The lowest BCUT2D eigenvalue weighted by Gasteiger charge is -2.32. The Hall–Kier alpha value is -0.645. The number of benzene rings is 1. The van der Waals surface area contributed by atoms with Crippen molar-refractivity contribution in [1.29, 1.82) is 0 Å². The zero-order valence-corrected chi connectivity index (χ0v) is 11.4. The average molecular weight is 275 g/mol. The van der Waals surface area contributed by atoms with E-state index in [0.29, 0.717) is 0 Å². The Balaban J connectivity index is 2.44. The van der Waals surface area contributed by atoms with Gasteiger partial charge in [-0.15, -0.1) is 0 Å². The normalized spacial score (nSPS) is 21.4. The molecule has 0 saturated carbocycles. The minimum Gasteiger partial charge on any atom is -0.399 e. The highest BCUT2D eigenvalue weighted by Crippen LogP contribution is 2.37. The van der Waals surface area contributed by atoms with Gasteiger partial charge in [0.05, 0.1) is 11.2 Å². The molecule has 98 valence electrons. The van der Waals surface area contributed by atoms with Gasteiger partial charge in [-0.25, -0.2) is 8.78 Å². The van der Waals surface area contributed by atoms with Crippen molar-refractivity contribution >= 4 is 24.2 Å². The lowest BCUT2D eigenvalue weighted by molar-refractivity contribution is 0.00578. The molecule has 1 aliphatic rings. The molecule has 6 heteroatoms. The summed E-state index contributed by atoms with van der Waals surface area (Å²) < 4.78 is 38.4. The van der Waals surface area contributed by atoms with Crippen molar-refractivity contribution in [1.82, 2.24) is 0 Å². The van der Waals surface area contributed by atoms with Crippen LogP contribution in [0.4, 0.5) is 8.78 Å². The first-order valence-corrected chi connectivity index (χ1v) is 6.02. The summed E-state index contributed by atoms with van der Waals surface area (Å²) in [4.78, 5) is 0. The molecule has 0 bridgehead atoms. The molecular weight excluding hydrogens is 260 g/mol. The van der Waals surface area contributed by atoms with E-state index < -0.39 is 30.0 Å². The number of hydrogen-bond acceptors (Lipinski definition) is 2. The van der Waals surface area contributed by atoms with Gasteiger partial charge in [-0.05, 0) is 39.8 Å². The predicted octanol–water partition coefficient (Wildman–Crippen LogP) is 2.92. The summed E-state index contributed by atoms with van der Waals surface area (Å²) in [6.45, 7) is 7.33. The summed E-state index contributed by atoms with van der Waals surface area (Å²) in [6.07, 6.45) is 0. The van der Waals surface area contributed by atoms with Gasteiger partial charge in [-0.2, -0.15) is 0 Å². The molecule has 1 aliphatic heterocycles. The second kappa shape index (κ2) is 4.18. The molecule has 0 spiro atoms. The third kappa shape index (κ3) is 2.04. The molecule has 1 aromatic rings. The molecule has 1 fully saturated rings. The van der Waals surface area contributed by atoms with Crippen molar-refractivity contribution in [2.75, 3.05) is 0 Å². The van der Waals surface area contributed by atoms with Crippen LogP contribution in [0.15, 0.2) is 12.1 Å². The summed E-state index contributed by atoms with van der Waals surface area (Å²) in [6, 6.07) is 2.27. The molecule has 1 saturated heterocycles. The fraction of sp³-hybridized carbons (Fsp3) is 0.500. The monoisotopic (exact) mass is 274 g/mol. The van der Waals surface area contributed by atoms with E-state index in [1.54, 1.807) is 0 Å². The van der Waals surface area contributed by atoms with Crippen LogP contribution in [-0.2, 0) is 9.31 Å². The highest BCUT2D eigenvalue weighted by Gasteiger charge is 2.53. The van der Waals surface area contributed by atoms with Crippen LogP contribution in [0.25, 0.3) is 0 Å². The summed E-state index contributed by atoms with van der Waals surface area (Å²) in [5.74, 6) is -2.00. The first-order valence-electron chi connectivity index (χ1n) is 5.65. The van der Waals surface area contributed by atoms with E-state index in [4.69, 9.17) is 20.9 Å². The number of hydrogen-bond donors (Lipinski definition) is 0. The second-order valence-electron chi connectivity index (χ2n) is 5.35. The summed E-state index contributed by atoms with van der Waals surface area (Å²) in [5.41, 5.74) is -1.34. The van der Waals surface area contributed by atoms with Crippen molar-refractivity contribution in [3.05, 3.63) is 28.8 Å². The van der Waals surface area contributed by atoms with Crippen LogP contribution in [0.1, 0.15) is 27.7 Å². The van der Waals surface area contributed by atoms with Crippen LogP contribution in [0, 0.1) is 11.6 Å². The van der Waals surface area contributed by atoms with Gasteiger partial charge < -0.3 is 9.31 Å². The molecule has 0 aliphatic carbocycles. The molecular formula is C12H14BClF2O2. The molecule has 0 aromatic heterocycles. The van der Waals surface area contributed by atoms with E-state index in [-0.39, 0.29) is 10.5 Å². The molecule has 1 heterocycles. The highest BCUT2D eigenvalue weighted by atomic mass is 35.5. The summed E-state index contributed by atoms with van der Waals surface area (Å²) in [5, 5.41) is 0.0902. The average Bonchev–Trinajstić information content (AvgIpc) is 2.43. The fourth-order valence-corrected chi connectivity index (χ4v) is 1.95. The van der Waals surface area contributed by atoms with Crippen LogP contribution in [0.5, 0.6) is 0 Å². The standard InChI is InChI=1S/C12H14BClF2O2/c1-11(2)12(3,4)18-13(17-11)9-7(14)5-6-8(15)10(9)16/h5-6H,1-4H3. The molecule has 0 N–H and O–H groups in total. The van der Waals surface area contributed by atoms with Gasteiger partial charge in [0.1, 0.15) is 0 Å². The van der Waals surface area contributed by atoms with E-state index in [1.807, 2.05) is 27.7 Å². The maximum absolute atomic E-state index is 13.8. The van der Waals surface area contributed by atoms with Crippen molar-refractivity contribution in [3.63, 3.8) is 0 Å². The minimum atomic E-state index is -1.03. The molecule has 0 atom stereocenters. The fourth-order valence-electron chi connectivity index (χ4n) is 1.72. The first-order chi connectivity index (χ1) is 8.16. The van der Waals surface area contributed by atoms with E-state index in [2.05, 4.69) is 0 Å². The van der Waals surface area contributed by atoms with Gasteiger partial charge >= 0.3 is 7.12 Å². The lowest BCUT2D eigenvalue weighted by Crippen LogP contribution is -2.41.